The first-order chi connectivity index (χ1) is 6.20. The normalized spacial score (nSPS) is 12.6. The highest BCUT2D eigenvalue weighted by atomic mass is 16.5. The van der Waals surface area contributed by atoms with Crippen molar-refractivity contribution in [2.24, 2.45) is 0 Å². The molecule has 0 bridgehead atoms. The minimum atomic E-state index is -0.824. The van der Waals surface area contributed by atoms with E-state index in [1.54, 1.807) is 19.2 Å². The summed E-state index contributed by atoms with van der Waals surface area (Å²) in [6.07, 6.45) is -0.824. The Labute approximate surface area is 77.6 Å². The van der Waals surface area contributed by atoms with Gasteiger partial charge < -0.3 is 14.9 Å². The molecule has 3 heteroatoms. The molecular formula is C10H14O3. The molecule has 72 valence electrons. The highest BCUT2D eigenvalue weighted by Crippen LogP contribution is 2.25. The Morgan fingerprint density at radius 2 is 2.15 bits per heavy atom. The molecule has 0 heterocycles. The van der Waals surface area contributed by atoms with E-state index >= 15 is 0 Å². The largest absolute Gasteiger partial charge is 0.496 e. The van der Waals surface area contributed by atoms with Gasteiger partial charge in [0.25, 0.3) is 0 Å². The van der Waals surface area contributed by atoms with Gasteiger partial charge in [-0.15, -0.1) is 0 Å². The number of rotatable bonds is 3. The molecule has 3 nitrogen and oxygen atoms in total. The van der Waals surface area contributed by atoms with Crippen molar-refractivity contribution in [1.82, 2.24) is 0 Å². The van der Waals surface area contributed by atoms with Crippen LogP contribution in [0.5, 0.6) is 5.75 Å². The molecule has 1 atom stereocenters. The van der Waals surface area contributed by atoms with Gasteiger partial charge in [0.2, 0.25) is 0 Å². The molecule has 0 aliphatic carbocycles. The first kappa shape index (κ1) is 10.0. The Hall–Kier alpha value is -1.06. The van der Waals surface area contributed by atoms with E-state index in [-0.39, 0.29) is 6.61 Å². The van der Waals surface area contributed by atoms with E-state index in [4.69, 9.17) is 9.84 Å². The van der Waals surface area contributed by atoms with Gasteiger partial charge in [0.05, 0.1) is 13.7 Å². The highest BCUT2D eigenvalue weighted by molar-refractivity contribution is 5.40. The highest BCUT2D eigenvalue weighted by Gasteiger charge is 2.11. The zero-order valence-electron chi connectivity index (χ0n) is 7.82. The first-order valence-corrected chi connectivity index (χ1v) is 4.13. The predicted molar refractivity (Wildman–Crippen MR) is 49.8 cm³/mol. The van der Waals surface area contributed by atoms with E-state index in [1.807, 2.05) is 13.0 Å². The van der Waals surface area contributed by atoms with E-state index in [9.17, 15) is 5.11 Å². The van der Waals surface area contributed by atoms with Crippen molar-refractivity contribution in [2.75, 3.05) is 13.7 Å². The van der Waals surface area contributed by atoms with Crippen molar-refractivity contribution >= 4 is 0 Å². The van der Waals surface area contributed by atoms with E-state index in [0.717, 1.165) is 11.3 Å². The molecule has 1 aromatic carbocycles. The van der Waals surface area contributed by atoms with Gasteiger partial charge in [0.1, 0.15) is 11.9 Å². The maximum atomic E-state index is 9.42. The van der Waals surface area contributed by atoms with Crippen LogP contribution in [0.15, 0.2) is 18.2 Å². The third-order valence-electron chi connectivity index (χ3n) is 2.08. The second-order valence-corrected chi connectivity index (χ2v) is 2.87. The Kier molecular flexibility index (Phi) is 3.28. The van der Waals surface area contributed by atoms with Crippen LogP contribution in [0.1, 0.15) is 17.2 Å². The van der Waals surface area contributed by atoms with Crippen molar-refractivity contribution in [1.29, 1.82) is 0 Å². The quantitative estimate of drug-likeness (QED) is 0.734. The Balaban J connectivity index is 3.08. The fourth-order valence-electron chi connectivity index (χ4n) is 1.31. The molecule has 1 rings (SSSR count). The molecule has 13 heavy (non-hydrogen) atoms. The van der Waals surface area contributed by atoms with Gasteiger partial charge in [-0.2, -0.15) is 0 Å². The lowest BCUT2D eigenvalue weighted by molar-refractivity contribution is 0.0949. The summed E-state index contributed by atoms with van der Waals surface area (Å²) in [7, 11) is 1.58. The molecule has 1 aromatic rings. The van der Waals surface area contributed by atoms with Gasteiger partial charge in [-0.25, -0.2) is 0 Å². The molecule has 0 spiro atoms. The van der Waals surface area contributed by atoms with Crippen LogP contribution in [-0.2, 0) is 0 Å². The van der Waals surface area contributed by atoms with Gasteiger partial charge in [-0.05, 0) is 24.1 Å². The van der Waals surface area contributed by atoms with Gasteiger partial charge >= 0.3 is 0 Å². The summed E-state index contributed by atoms with van der Waals surface area (Å²) in [6.45, 7) is 1.58. The number of hydrogen-bond acceptors (Lipinski definition) is 3. The number of hydrogen-bond donors (Lipinski definition) is 2. The van der Waals surface area contributed by atoms with Gasteiger partial charge in [0.15, 0.2) is 0 Å². The van der Waals surface area contributed by atoms with Crippen molar-refractivity contribution in [3.63, 3.8) is 0 Å². The van der Waals surface area contributed by atoms with Crippen molar-refractivity contribution in [3.05, 3.63) is 29.3 Å². The molecule has 0 saturated carbocycles. The maximum absolute atomic E-state index is 9.42. The first-order valence-electron chi connectivity index (χ1n) is 4.13. The molecule has 0 amide bonds. The third-order valence-corrected chi connectivity index (χ3v) is 2.08. The average Bonchev–Trinajstić information content (AvgIpc) is 2.17. The Morgan fingerprint density at radius 1 is 1.46 bits per heavy atom. The van der Waals surface area contributed by atoms with Crippen LogP contribution < -0.4 is 4.74 Å². The molecule has 0 fully saturated rings. The summed E-state index contributed by atoms with van der Waals surface area (Å²) >= 11 is 0. The van der Waals surface area contributed by atoms with E-state index in [1.165, 1.54) is 0 Å². The molecule has 2 N–H and O–H groups in total. The zero-order valence-corrected chi connectivity index (χ0v) is 7.82. The average molecular weight is 182 g/mol. The van der Waals surface area contributed by atoms with Crippen molar-refractivity contribution < 1.29 is 14.9 Å². The zero-order chi connectivity index (χ0) is 9.84. The summed E-state index contributed by atoms with van der Waals surface area (Å²) in [6, 6.07) is 5.39. The third kappa shape index (κ3) is 1.99. The van der Waals surface area contributed by atoms with Crippen molar-refractivity contribution in [2.45, 2.75) is 13.0 Å². The smallest absolute Gasteiger partial charge is 0.122 e. The standard InChI is InChI=1S/C10H14O3/c1-7-8(9(12)6-11)4-3-5-10(7)13-2/h3-5,9,11-12H,6H2,1-2H3. The Bertz CT molecular complexity index is 283. The molecule has 0 aromatic heterocycles. The summed E-state index contributed by atoms with van der Waals surface area (Å²) in [5.74, 6) is 0.727. The van der Waals surface area contributed by atoms with Gasteiger partial charge in [-0.1, -0.05) is 12.1 Å². The van der Waals surface area contributed by atoms with Crippen LogP contribution in [0.3, 0.4) is 0 Å². The van der Waals surface area contributed by atoms with E-state index in [0.29, 0.717) is 5.56 Å². The summed E-state index contributed by atoms with van der Waals surface area (Å²) in [5.41, 5.74) is 1.58. The molecule has 0 radical (unpaired) electrons. The fraction of sp³-hybridized carbons (Fsp3) is 0.400. The maximum Gasteiger partial charge on any atom is 0.122 e. The second-order valence-electron chi connectivity index (χ2n) is 2.87. The molecular weight excluding hydrogens is 168 g/mol. The van der Waals surface area contributed by atoms with Crippen LogP contribution in [0.4, 0.5) is 0 Å². The van der Waals surface area contributed by atoms with Crippen LogP contribution in [-0.4, -0.2) is 23.9 Å². The van der Waals surface area contributed by atoms with Crippen LogP contribution >= 0.6 is 0 Å². The molecule has 0 aliphatic heterocycles. The number of ether oxygens (including phenoxy) is 1. The topological polar surface area (TPSA) is 49.7 Å². The molecule has 0 aliphatic rings. The summed E-state index contributed by atoms with van der Waals surface area (Å²) < 4.78 is 5.09. The number of aliphatic hydroxyl groups is 2. The van der Waals surface area contributed by atoms with Gasteiger partial charge in [0, 0.05) is 0 Å². The predicted octanol–water partition coefficient (Wildman–Crippen LogP) is 1.03. The number of methoxy groups -OCH3 is 1. The van der Waals surface area contributed by atoms with Crippen LogP contribution in [0.25, 0.3) is 0 Å². The fourth-order valence-corrected chi connectivity index (χ4v) is 1.31. The molecule has 1 unspecified atom stereocenters. The second kappa shape index (κ2) is 4.25. The van der Waals surface area contributed by atoms with Gasteiger partial charge in [-0.3, -0.25) is 0 Å². The van der Waals surface area contributed by atoms with Crippen molar-refractivity contribution in [3.8, 4) is 5.75 Å². The minimum Gasteiger partial charge on any atom is -0.496 e. The number of benzene rings is 1. The minimum absolute atomic E-state index is 0.270. The summed E-state index contributed by atoms with van der Waals surface area (Å²) in [4.78, 5) is 0. The van der Waals surface area contributed by atoms with E-state index < -0.39 is 6.10 Å². The SMILES string of the molecule is COc1cccc(C(O)CO)c1C. The lowest BCUT2D eigenvalue weighted by Gasteiger charge is -2.13. The molecule has 0 saturated heterocycles. The lowest BCUT2D eigenvalue weighted by Crippen LogP contribution is -2.05. The lowest BCUT2D eigenvalue weighted by atomic mass is 10.0. The van der Waals surface area contributed by atoms with Crippen LogP contribution in [0, 0.1) is 6.92 Å². The number of aliphatic hydroxyl groups excluding tert-OH is 2. The Morgan fingerprint density at radius 3 is 2.69 bits per heavy atom. The van der Waals surface area contributed by atoms with E-state index in [2.05, 4.69) is 0 Å². The monoisotopic (exact) mass is 182 g/mol. The summed E-state index contributed by atoms with van der Waals surface area (Å²) in [5, 5.41) is 18.2. The van der Waals surface area contributed by atoms with Crippen LogP contribution in [0.2, 0.25) is 0 Å².